The second-order valence-electron chi connectivity index (χ2n) is 8.13. The summed E-state index contributed by atoms with van der Waals surface area (Å²) in [5, 5.41) is 12.0. The van der Waals surface area contributed by atoms with Crippen LogP contribution in [0.5, 0.6) is 0 Å². The number of benzene rings is 1. The minimum Gasteiger partial charge on any atom is -0.480 e. The van der Waals surface area contributed by atoms with Crippen molar-refractivity contribution in [1.29, 1.82) is 0 Å². The first kappa shape index (κ1) is 26.7. The van der Waals surface area contributed by atoms with E-state index < -0.39 is 12.0 Å². The second-order valence-corrected chi connectivity index (χ2v) is 8.13. The van der Waals surface area contributed by atoms with Crippen molar-refractivity contribution in [3.05, 3.63) is 60.2 Å². The number of hydrogen-bond acceptors (Lipinski definition) is 2. The quantitative estimate of drug-likeness (QED) is 0.204. The number of carboxylic acids is 1. The van der Waals surface area contributed by atoms with E-state index in [4.69, 9.17) is 0 Å². The Bertz CT molecular complexity index is 652. The Balaban J connectivity index is 2.03. The van der Waals surface area contributed by atoms with Crippen molar-refractivity contribution in [2.75, 3.05) is 0 Å². The van der Waals surface area contributed by atoms with Gasteiger partial charge in [-0.25, -0.2) is 4.79 Å². The van der Waals surface area contributed by atoms with Gasteiger partial charge in [-0.3, -0.25) is 4.79 Å². The van der Waals surface area contributed by atoms with Gasteiger partial charge in [0.25, 0.3) is 0 Å². The summed E-state index contributed by atoms with van der Waals surface area (Å²) in [7, 11) is 0. The topological polar surface area (TPSA) is 66.4 Å². The molecule has 4 nitrogen and oxygen atoms in total. The van der Waals surface area contributed by atoms with Gasteiger partial charge in [-0.05, 0) is 44.1 Å². The van der Waals surface area contributed by atoms with E-state index in [0.717, 1.165) is 37.7 Å². The molecule has 0 spiro atoms. The van der Waals surface area contributed by atoms with Crippen molar-refractivity contribution < 1.29 is 14.7 Å². The highest BCUT2D eigenvalue weighted by Gasteiger charge is 2.19. The van der Waals surface area contributed by atoms with E-state index in [9.17, 15) is 14.7 Å². The van der Waals surface area contributed by atoms with Crippen LogP contribution < -0.4 is 5.32 Å². The van der Waals surface area contributed by atoms with Crippen molar-refractivity contribution >= 4 is 11.9 Å². The predicted octanol–water partition coefficient (Wildman–Crippen LogP) is 6.61. The van der Waals surface area contributed by atoms with E-state index in [0.29, 0.717) is 12.8 Å². The van der Waals surface area contributed by atoms with Crippen LogP contribution in [0.2, 0.25) is 0 Å². The molecule has 0 saturated carbocycles. The fourth-order valence-corrected chi connectivity index (χ4v) is 3.41. The van der Waals surface area contributed by atoms with E-state index in [1.807, 2.05) is 30.3 Å². The largest absolute Gasteiger partial charge is 0.480 e. The molecular formula is C27H41NO3. The summed E-state index contributed by atoms with van der Waals surface area (Å²) < 4.78 is 0. The van der Waals surface area contributed by atoms with Gasteiger partial charge in [-0.2, -0.15) is 0 Å². The van der Waals surface area contributed by atoms with Gasteiger partial charge in [-0.15, -0.1) is 0 Å². The number of hydrogen-bond donors (Lipinski definition) is 2. The first-order valence-corrected chi connectivity index (χ1v) is 12.0. The molecular weight excluding hydrogens is 386 g/mol. The lowest BCUT2D eigenvalue weighted by molar-refractivity contribution is -0.141. The predicted molar refractivity (Wildman–Crippen MR) is 129 cm³/mol. The highest BCUT2D eigenvalue weighted by Crippen LogP contribution is 2.09. The van der Waals surface area contributed by atoms with E-state index in [2.05, 4.69) is 36.5 Å². The molecule has 1 rings (SSSR count). The molecule has 0 aliphatic heterocycles. The lowest BCUT2D eigenvalue weighted by atomic mass is 10.1. The Labute approximate surface area is 188 Å². The van der Waals surface area contributed by atoms with Crippen molar-refractivity contribution in [3.63, 3.8) is 0 Å². The van der Waals surface area contributed by atoms with Crippen LogP contribution in [0.15, 0.2) is 54.6 Å². The third-order valence-electron chi connectivity index (χ3n) is 5.27. The van der Waals surface area contributed by atoms with Crippen LogP contribution in [0.4, 0.5) is 0 Å². The van der Waals surface area contributed by atoms with Crippen molar-refractivity contribution in [3.8, 4) is 0 Å². The van der Waals surface area contributed by atoms with Gasteiger partial charge in [0.15, 0.2) is 0 Å². The molecule has 1 amide bonds. The van der Waals surface area contributed by atoms with E-state index in [1.54, 1.807) is 0 Å². The lowest BCUT2D eigenvalue weighted by Crippen LogP contribution is -2.42. The Kier molecular flexibility index (Phi) is 15.8. The number of carboxylic acid groups (broad SMARTS) is 1. The summed E-state index contributed by atoms with van der Waals surface area (Å²) in [5.41, 5.74) is 0.909. The standard InChI is InChI=1S/C27H41NO3/c1-2-3-4-5-6-7-8-9-10-11-12-13-14-15-19-22-26(29)28-25(27(30)31)23-24-20-17-16-18-21-24/h6-7,9-10,16-18,20-21,25H,2-5,8,11-15,19,22-23H2,1H3,(H,28,29)(H,30,31). The molecule has 0 bridgehead atoms. The van der Waals surface area contributed by atoms with Crippen LogP contribution in [0.25, 0.3) is 0 Å². The summed E-state index contributed by atoms with van der Waals surface area (Å²) >= 11 is 0. The highest BCUT2D eigenvalue weighted by atomic mass is 16.4. The molecule has 1 aromatic rings. The van der Waals surface area contributed by atoms with Crippen LogP contribution in [-0.2, 0) is 16.0 Å². The first-order chi connectivity index (χ1) is 15.1. The number of allylic oxidation sites excluding steroid dienone is 4. The second kappa shape index (κ2) is 18.4. The van der Waals surface area contributed by atoms with Crippen LogP contribution >= 0.6 is 0 Å². The Morgan fingerprint density at radius 3 is 2.13 bits per heavy atom. The van der Waals surface area contributed by atoms with Gasteiger partial charge in [0.05, 0.1) is 0 Å². The highest BCUT2D eigenvalue weighted by molar-refractivity contribution is 5.83. The molecule has 0 aliphatic rings. The maximum Gasteiger partial charge on any atom is 0.326 e. The van der Waals surface area contributed by atoms with Gasteiger partial charge in [0.2, 0.25) is 5.91 Å². The molecule has 0 fully saturated rings. The van der Waals surface area contributed by atoms with Gasteiger partial charge in [0.1, 0.15) is 6.04 Å². The Morgan fingerprint density at radius 1 is 0.871 bits per heavy atom. The van der Waals surface area contributed by atoms with Crippen LogP contribution in [0.1, 0.15) is 89.5 Å². The molecule has 172 valence electrons. The van der Waals surface area contributed by atoms with Gasteiger partial charge in [-0.1, -0.05) is 93.7 Å². The molecule has 0 heterocycles. The fraction of sp³-hybridized carbons (Fsp3) is 0.556. The van der Waals surface area contributed by atoms with E-state index in [1.165, 1.54) is 38.5 Å². The molecule has 1 aromatic carbocycles. The number of carbonyl (C=O) groups is 2. The zero-order valence-electron chi connectivity index (χ0n) is 19.2. The number of aliphatic carboxylic acids is 1. The van der Waals surface area contributed by atoms with E-state index in [-0.39, 0.29) is 5.91 Å². The van der Waals surface area contributed by atoms with Crippen molar-refractivity contribution in [2.24, 2.45) is 0 Å². The normalized spacial score (nSPS) is 12.4. The van der Waals surface area contributed by atoms with Crippen LogP contribution in [0.3, 0.4) is 0 Å². The monoisotopic (exact) mass is 427 g/mol. The summed E-state index contributed by atoms with van der Waals surface area (Å²) in [5.74, 6) is -1.16. The molecule has 4 heteroatoms. The average molecular weight is 428 g/mol. The summed E-state index contributed by atoms with van der Waals surface area (Å²) in [6.45, 7) is 2.23. The number of rotatable bonds is 18. The summed E-state index contributed by atoms with van der Waals surface area (Å²) in [6, 6.07) is 8.53. The maximum absolute atomic E-state index is 12.1. The smallest absolute Gasteiger partial charge is 0.326 e. The number of carbonyl (C=O) groups excluding carboxylic acids is 1. The van der Waals surface area contributed by atoms with E-state index >= 15 is 0 Å². The Hall–Kier alpha value is -2.36. The number of amides is 1. The third-order valence-corrected chi connectivity index (χ3v) is 5.27. The minimum atomic E-state index is -0.989. The van der Waals surface area contributed by atoms with Crippen LogP contribution in [-0.4, -0.2) is 23.0 Å². The minimum absolute atomic E-state index is 0.172. The molecule has 0 radical (unpaired) electrons. The first-order valence-electron chi connectivity index (χ1n) is 12.0. The SMILES string of the molecule is CCCCCC=CCC=CCCCCCCCC(=O)NC(Cc1ccccc1)C(=O)O. The van der Waals surface area contributed by atoms with Gasteiger partial charge >= 0.3 is 5.97 Å². The third kappa shape index (κ3) is 15.1. The summed E-state index contributed by atoms with van der Waals surface area (Å²) in [4.78, 5) is 23.5. The molecule has 1 atom stereocenters. The zero-order valence-corrected chi connectivity index (χ0v) is 19.2. The van der Waals surface area contributed by atoms with Crippen molar-refractivity contribution in [1.82, 2.24) is 5.32 Å². The molecule has 0 saturated heterocycles. The number of nitrogens with one attached hydrogen (secondary N) is 1. The molecule has 0 aromatic heterocycles. The molecule has 31 heavy (non-hydrogen) atoms. The zero-order chi connectivity index (χ0) is 22.6. The average Bonchev–Trinajstić information content (AvgIpc) is 2.76. The van der Waals surface area contributed by atoms with Gasteiger partial charge < -0.3 is 10.4 Å². The number of unbranched alkanes of at least 4 members (excludes halogenated alkanes) is 8. The molecule has 2 N–H and O–H groups in total. The maximum atomic E-state index is 12.1. The fourth-order valence-electron chi connectivity index (χ4n) is 3.41. The van der Waals surface area contributed by atoms with Gasteiger partial charge in [0, 0.05) is 12.8 Å². The van der Waals surface area contributed by atoms with Crippen LogP contribution in [0, 0.1) is 0 Å². The summed E-state index contributed by atoms with van der Waals surface area (Å²) in [6.07, 6.45) is 22.3. The molecule has 0 aliphatic carbocycles. The van der Waals surface area contributed by atoms with Crippen molar-refractivity contribution in [2.45, 2.75) is 96.4 Å². The lowest BCUT2D eigenvalue weighted by Gasteiger charge is -2.14. The molecule has 1 unspecified atom stereocenters. The Morgan fingerprint density at radius 2 is 1.48 bits per heavy atom.